The van der Waals surface area contributed by atoms with E-state index in [9.17, 15) is 8.42 Å². The Morgan fingerprint density at radius 3 is 2.47 bits per heavy atom. The van der Waals surface area contributed by atoms with Crippen LogP contribution in [0.25, 0.3) is 10.4 Å². The molecule has 1 aromatic rings. The molecule has 0 bridgehead atoms. The summed E-state index contributed by atoms with van der Waals surface area (Å²) in [4.78, 5) is 2.30. The van der Waals surface area contributed by atoms with Gasteiger partial charge in [0.15, 0.2) is 0 Å². The highest BCUT2D eigenvalue weighted by atomic mass is 35.5. The Kier molecular flexibility index (Phi) is 6.68. The second kappa shape index (κ2) is 7.77. The Balaban J connectivity index is 2.60. The Hall–Kier alpha value is -0.723. The second-order valence-corrected chi connectivity index (χ2v) is 9.92. The van der Waals surface area contributed by atoms with Gasteiger partial charge in [0.1, 0.15) is 0 Å². The van der Waals surface area contributed by atoms with E-state index in [1.54, 1.807) is 12.1 Å². The van der Waals surface area contributed by atoms with Crippen LogP contribution in [0.5, 0.6) is 0 Å². The van der Waals surface area contributed by atoms with Gasteiger partial charge in [0, 0.05) is 9.43 Å². The summed E-state index contributed by atoms with van der Waals surface area (Å²) in [5.41, 5.74) is 9.20. The second-order valence-electron chi connectivity index (χ2n) is 3.93. The van der Waals surface area contributed by atoms with Crippen LogP contribution in [0.2, 0.25) is 6.04 Å². The van der Waals surface area contributed by atoms with Crippen molar-refractivity contribution in [2.24, 2.45) is 4.52 Å². The highest BCUT2D eigenvalue weighted by Gasteiger charge is 2.11. The quantitative estimate of drug-likeness (QED) is 0.191. The first-order valence-electron chi connectivity index (χ1n) is 5.64. The maximum Gasteiger partial charge on any atom is 0.264 e. The van der Waals surface area contributed by atoms with Crippen molar-refractivity contribution in [1.29, 1.82) is 0 Å². The molecule has 0 aliphatic carbocycles. The molecule has 0 unspecified atom stereocenters. The van der Waals surface area contributed by atoms with Crippen LogP contribution in [-0.4, -0.2) is 22.4 Å². The normalized spacial score (nSPS) is 11.9. The first kappa shape index (κ1) is 16.3. The van der Waals surface area contributed by atoms with Gasteiger partial charge >= 0.3 is 0 Å². The third kappa shape index (κ3) is 5.84. The molecular weight excluding hydrogens is 325 g/mol. The van der Waals surface area contributed by atoms with Crippen molar-refractivity contribution in [3.05, 3.63) is 40.3 Å². The minimum atomic E-state index is -3.88. The van der Waals surface area contributed by atoms with Crippen molar-refractivity contribution in [2.75, 3.05) is 0 Å². The van der Waals surface area contributed by atoms with Crippen molar-refractivity contribution in [3.63, 3.8) is 0 Å². The van der Waals surface area contributed by atoms with Crippen LogP contribution in [0, 0.1) is 0 Å². The predicted octanol–water partition coefficient (Wildman–Crippen LogP) is 2.97. The fourth-order valence-electron chi connectivity index (χ4n) is 1.55. The van der Waals surface area contributed by atoms with Gasteiger partial charge in [-0.25, -0.2) is 8.42 Å². The van der Waals surface area contributed by atoms with Crippen molar-refractivity contribution in [2.45, 2.75) is 28.2 Å². The summed E-state index contributed by atoms with van der Waals surface area (Å²) in [5, 5.41) is 0. The van der Waals surface area contributed by atoms with E-state index < -0.39 is 19.5 Å². The van der Waals surface area contributed by atoms with Crippen LogP contribution in [0.4, 0.5) is 0 Å². The number of benzene rings is 1. The third-order valence-corrected chi connectivity index (χ3v) is 6.31. The van der Waals surface area contributed by atoms with Gasteiger partial charge in [0.05, 0.1) is 18.9 Å². The third-order valence-electron chi connectivity index (χ3n) is 2.50. The van der Waals surface area contributed by atoms with Gasteiger partial charge in [-0.15, -0.1) is 23.2 Å². The predicted molar refractivity (Wildman–Crippen MR) is 79.9 cm³/mol. The van der Waals surface area contributed by atoms with E-state index in [0.717, 1.165) is 24.4 Å². The molecule has 0 aliphatic heterocycles. The summed E-state index contributed by atoms with van der Waals surface area (Å²) in [7, 11) is -4.31. The number of alkyl halides is 2. The van der Waals surface area contributed by atoms with Crippen LogP contribution in [0.3, 0.4) is 0 Å². The number of halogens is 2. The number of hydrogen-bond acceptors (Lipinski definition) is 2. The van der Waals surface area contributed by atoms with Crippen molar-refractivity contribution >= 4 is 42.7 Å². The Bertz CT molecular complexity index is 557. The lowest BCUT2D eigenvalue weighted by Crippen LogP contribution is -2.01. The Morgan fingerprint density at radius 1 is 1.32 bits per heavy atom. The van der Waals surface area contributed by atoms with E-state index in [1.807, 2.05) is 0 Å². The fourth-order valence-corrected chi connectivity index (χ4v) is 3.99. The maximum atomic E-state index is 11.4. The highest BCUT2D eigenvalue weighted by Crippen LogP contribution is 2.15. The summed E-state index contributed by atoms with van der Waals surface area (Å²) >= 11 is 11.4. The molecule has 104 valence electrons. The fraction of sp³-hybridized carbons (Fsp3) is 0.400. The topological polar surface area (TPSA) is 82.9 Å². The molecule has 0 N–H and O–H groups in total. The lowest BCUT2D eigenvalue weighted by molar-refractivity contribution is 0.597. The molecule has 0 aliphatic rings. The van der Waals surface area contributed by atoms with Crippen molar-refractivity contribution < 1.29 is 8.42 Å². The van der Waals surface area contributed by atoms with E-state index in [1.165, 1.54) is 12.1 Å². The summed E-state index contributed by atoms with van der Waals surface area (Å²) in [6, 6.07) is 7.39. The van der Waals surface area contributed by atoms with Gasteiger partial charge in [0.25, 0.3) is 10.0 Å². The minimum absolute atomic E-state index is 0.00463. The molecule has 0 atom stereocenters. The van der Waals surface area contributed by atoms with Gasteiger partial charge in [-0.1, -0.05) is 24.6 Å². The molecule has 0 aromatic heterocycles. The number of sulfonamides is 1. The summed E-state index contributed by atoms with van der Waals surface area (Å²) < 4.78 is 25.5. The summed E-state index contributed by atoms with van der Waals surface area (Å²) in [5.74, 6) is 0. The van der Waals surface area contributed by atoms with E-state index >= 15 is 0 Å². The average Bonchev–Trinajstić information content (AvgIpc) is 2.35. The van der Waals surface area contributed by atoms with Gasteiger partial charge in [-0.2, -0.15) is 0 Å². The summed E-state index contributed by atoms with van der Waals surface area (Å²) in [6.45, 7) is 0. The van der Waals surface area contributed by atoms with E-state index in [0.29, 0.717) is 0 Å². The van der Waals surface area contributed by atoms with E-state index in [-0.39, 0.29) is 9.36 Å². The van der Waals surface area contributed by atoms with Gasteiger partial charge < -0.3 is 0 Å². The van der Waals surface area contributed by atoms with Crippen LogP contribution >= 0.6 is 23.2 Å². The highest BCUT2D eigenvalue weighted by molar-refractivity contribution is 7.90. The minimum Gasteiger partial charge on any atom is -0.216 e. The van der Waals surface area contributed by atoms with E-state index in [2.05, 4.69) is 9.43 Å². The zero-order valence-corrected chi connectivity index (χ0v) is 13.8. The van der Waals surface area contributed by atoms with Crippen LogP contribution < -0.4 is 0 Å². The van der Waals surface area contributed by atoms with E-state index in [4.69, 9.17) is 28.7 Å². The van der Waals surface area contributed by atoms with Gasteiger partial charge in [0.2, 0.25) is 0 Å². The molecule has 19 heavy (non-hydrogen) atoms. The van der Waals surface area contributed by atoms with Gasteiger partial charge in [-0.3, -0.25) is 0 Å². The summed E-state index contributed by atoms with van der Waals surface area (Å²) in [6.07, 6.45) is 1.85. The Morgan fingerprint density at radius 2 is 1.95 bits per heavy atom. The molecule has 0 saturated carbocycles. The first-order chi connectivity index (χ1) is 8.95. The van der Waals surface area contributed by atoms with Crippen LogP contribution in [0.1, 0.15) is 12.0 Å². The molecule has 1 rings (SSSR count). The van der Waals surface area contributed by atoms with Crippen molar-refractivity contribution in [3.8, 4) is 0 Å². The number of rotatable bonds is 7. The molecule has 0 fully saturated rings. The molecule has 0 amide bonds. The first-order valence-corrected chi connectivity index (χ1v) is 9.77. The number of azide groups is 1. The molecule has 0 saturated heterocycles. The lowest BCUT2D eigenvalue weighted by atomic mass is 10.1. The smallest absolute Gasteiger partial charge is 0.216 e. The average molecular weight is 338 g/mol. The number of nitrogens with zero attached hydrogens (tertiary/aromatic N) is 3. The van der Waals surface area contributed by atoms with Crippen molar-refractivity contribution in [1.82, 2.24) is 0 Å². The lowest BCUT2D eigenvalue weighted by Gasteiger charge is -2.03. The molecule has 0 spiro atoms. The number of hydrogen-bond donors (Lipinski definition) is 0. The molecule has 0 radical (unpaired) electrons. The van der Waals surface area contributed by atoms with Crippen LogP contribution in [-0.2, 0) is 16.4 Å². The standard InChI is InChI=1S/C10H13Cl2N3O2SSi/c11-10(12)19-7-1-2-8-3-5-9(6-4-8)18(16,17)15-14-13/h3-6,10H,1-2,7,19H2. The zero-order chi connectivity index (χ0) is 14.3. The van der Waals surface area contributed by atoms with Gasteiger partial charge in [-0.05, 0) is 29.6 Å². The largest absolute Gasteiger partial charge is 0.264 e. The molecule has 5 nitrogen and oxygen atoms in total. The molecule has 1 aromatic carbocycles. The monoisotopic (exact) mass is 337 g/mol. The molecule has 0 heterocycles. The maximum absolute atomic E-state index is 11.4. The Labute approximate surface area is 124 Å². The molecular formula is C10H13Cl2N3O2SSi. The zero-order valence-electron chi connectivity index (χ0n) is 10.0. The SMILES string of the molecule is [N-]=[N+]=NS(=O)(=O)c1ccc(CCC[SiH2]C(Cl)Cl)cc1. The molecule has 9 heteroatoms. The number of aryl methyl sites for hydroxylation is 1. The van der Waals surface area contributed by atoms with Crippen LogP contribution in [0.15, 0.2) is 33.7 Å².